The molecule has 2 aromatic heterocycles. The molecule has 6 rings (SSSR count). The Bertz CT molecular complexity index is 1390. The van der Waals surface area contributed by atoms with Gasteiger partial charge in [-0.15, -0.1) is 0 Å². The number of rotatable bonds is 1. The van der Waals surface area contributed by atoms with Gasteiger partial charge < -0.3 is 25.3 Å². The van der Waals surface area contributed by atoms with Crippen LogP contribution in [0.25, 0.3) is 22.3 Å². The molecule has 8 nitrogen and oxygen atoms in total. The number of hydrogen-bond donors (Lipinski definition) is 3. The van der Waals surface area contributed by atoms with Gasteiger partial charge in [-0.25, -0.2) is 9.78 Å². The number of carbonyl (C=O) groups is 1. The van der Waals surface area contributed by atoms with E-state index in [2.05, 4.69) is 0 Å². The molecule has 0 spiro atoms. The Morgan fingerprint density at radius 1 is 1.29 bits per heavy atom. The zero-order valence-electron chi connectivity index (χ0n) is 16.9. The molecular weight excluding hydrogens is 398 g/mol. The van der Waals surface area contributed by atoms with Crippen LogP contribution in [0.2, 0.25) is 0 Å². The van der Waals surface area contributed by atoms with Gasteiger partial charge in [0.15, 0.2) is 5.60 Å². The van der Waals surface area contributed by atoms with Gasteiger partial charge in [-0.2, -0.15) is 0 Å². The normalized spacial score (nSPS) is 23.3. The highest BCUT2D eigenvalue weighted by Crippen LogP contribution is 2.45. The van der Waals surface area contributed by atoms with Crippen LogP contribution in [0.4, 0.5) is 5.69 Å². The Hall–Kier alpha value is -3.23. The van der Waals surface area contributed by atoms with Gasteiger partial charge in [0.25, 0.3) is 5.56 Å². The number of hydrogen-bond acceptors (Lipinski definition) is 7. The molecule has 158 valence electrons. The highest BCUT2D eigenvalue weighted by Gasteiger charge is 2.45. The van der Waals surface area contributed by atoms with E-state index in [4.69, 9.17) is 15.5 Å². The van der Waals surface area contributed by atoms with Crippen LogP contribution in [0.3, 0.4) is 0 Å². The second-order valence-corrected chi connectivity index (χ2v) is 8.54. The van der Waals surface area contributed by atoms with Gasteiger partial charge in [0, 0.05) is 22.2 Å². The number of aryl methyl sites for hydroxylation is 1. The van der Waals surface area contributed by atoms with E-state index in [1.165, 1.54) is 0 Å². The van der Waals surface area contributed by atoms with E-state index < -0.39 is 17.7 Å². The predicted molar refractivity (Wildman–Crippen MR) is 112 cm³/mol. The van der Waals surface area contributed by atoms with E-state index in [0.29, 0.717) is 35.4 Å². The summed E-state index contributed by atoms with van der Waals surface area (Å²) in [4.78, 5) is 30.5. The second kappa shape index (κ2) is 5.93. The lowest BCUT2D eigenvalue weighted by atomic mass is 9.84. The van der Waals surface area contributed by atoms with Crippen LogP contribution < -0.4 is 11.3 Å². The molecule has 3 aliphatic rings. The fourth-order valence-corrected chi connectivity index (χ4v) is 5.36. The number of ether oxygens (including phenoxy) is 1. The van der Waals surface area contributed by atoms with Crippen molar-refractivity contribution in [2.45, 2.75) is 51.0 Å². The van der Waals surface area contributed by atoms with E-state index >= 15 is 0 Å². The topological polar surface area (TPSA) is 128 Å². The molecule has 0 fully saturated rings. The van der Waals surface area contributed by atoms with E-state index in [-0.39, 0.29) is 36.3 Å². The van der Waals surface area contributed by atoms with Crippen molar-refractivity contribution in [2.75, 3.05) is 5.73 Å². The molecule has 0 saturated heterocycles. The summed E-state index contributed by atoms with van der Waals surface area (Å²) in [5.41, 5.74) is 9.64. The number of nitrogens with two attached hydrogens (primary N) is 1. The number of aliphatic hydroxyl groups excluding tert-OH is 1. The molecule has 3 aromatic rings. The molecule has 0 radical (unpaired) electrons. The molecule has 1 unspecified atom stereocenters. The Labute approximate surface area is 176 Å². The summed E-state index contributed by atoms with van der Waals surface area (Å²) in [6, 6.07) is 5.33. The SMILES string of the molecule is CC[C@@]1(O)C(=O)OCc2c1cc1n(c2=O)Cc2c-1nc1ccc(N)c3c1c2C(O)CC3. The largest absolute Gasteiger partial charge is 0.458 e. The Kier molecular flexibility index (Phi) is 3.54. The van der Waals surface area contributed by atoms with Gasteiger partial charge in [-0.3, -0.25) is 4.79 Å². The predicted octanol–water partition coefficient (Wildman–Crippen LogP) is 1.64. The standard InChI is InChI=1S/C23H21N3O5/c1-2-23(30)13-7-16-20-11(8-26(16)21(28)12(13)9-31-22(23)29)19-17(27)6-3-10-14(24)4-5-15(25-20)18(10)19/h4-5,7,17,27,30H,2-3,6,8-9,24H2,1H3/t17?,23-/m0/s1. The van der Waals surface area contributed by atoms with Crippen molar-refractivity contribution in [1.82, 2.24) is 9.55 Å². The Balaban J connectivity index is 1.69. The molecule has 31 heavy (non-hydrogen) atoms. The van der Waals surface area contributed by atoms with Gasteiger partial charge in [0.1, 0.15) is 6.61 Å². The van der Waals surface area contributed by atoms with Gasteiger partial charge in [0.05, 0.1) is 35.1 Å². The average Bonchev–Trinajstić information content (AvgIpc) is 3.13. The maximum Gasteiger partial charge on any atom is 0.343 e. The van der Waals surface area contributed by atoms with Crippen molar-refractivity contribution in [3.05, 3.63) is 56.4 Å². The third-order valence-corrected chi connectivity index (χ3v) is 7.04. The van der Waals surface area contributed by atoms with Crippen molar-refractivity contribution >= 4 is 22.6 Å². The zero-order chi connectivity index (χ0) is 21.7. The highest BCUT2D eigenvalue weighted by atomic mass is 16.6. The van der Waals surface area contributed by atoms with Crippen LogP contribution in [0.5, 0.6) is 0 Å². The van der Waals surface area contributed by atoms with Crippen LogP contribution in [0, 0.1) is 0 Å². The summed E-state index contributed by atoms with van der Waals surface area (Å²) < 4.78 is 6.71. The van der Waals surface area contributed by atoms with Gasteiger partial charge in [-0.05, 0) is 48.6 Å². The number of anilines is 1. The minimum atomic E-state index is -1.86. The summed E-state index contributed by atoms with van der Waals surface area (Å²) in [6.45, 7) is 1.77. The number of nitrogen functional groups attached to an aromatic ring is 1. The number of cyclic esters (lactones) is 1. The van der Waals surface area contributed by atoms with Crippen LogP contribution in [-0.2, 0) is 34.7 Å². The van der Waals surface area contributed by atoms with Gasteiger partial charge in [-0.1, -0.05) is 6.92 Å². The second-order valence-electron chi connectivity index (χ2n) is 8.54. The summed E-state index contributed by atoms with van der Waals surface area (Å²) in [5, 5.41) is 22.7. The lowest BCUT2D eigenvalue weighted by Gasteiger charge is -2.31. The van der Waals surface area contributed by atoms with Crippen LogP contribution in [0.15, 0.2) is 23.0 Å². The maximum atomic E-state index is 13.3. The lowest BCUT2D eigenvalue weighted by Crippen LogP contribution is -2.44. The minimum absolute atomic E-state index is 0.0896. The van der Waals surface area contributed by atoms with Gasteiger partial charge >= 0.3 is 5.97 Å². The van der Waals surface area contributed by atoms with Crippen molar-refractivity contribution < 1.29 is 19.7 Å². The third-order valence-electron chi connectivity index (χ3n) is 7.04. The fraction of sp³-hybridized carbons (Fsp3) is 0.348. The number of aliphatic hydroxyl groups is 2. The molecule has 0 bridgehead atoms. The number of aromatic nitrogens is 2. The van der Waals surface area contributed by atoms with E-state index in [1.807, 2.05) is 12.1 Å². The van der Waals surface area contributed by atoms with E-state index in [0.717, 1.165) is 22.1 Å². The fourth-order valence-electron chi connectivity index (χ4n) is 5.36. The molecule has 4 N–H and O–H groups in total. The molecule has 0 amide bonds. The van der Waals surface area contributed by atoms with Crippen LogP contribution >= 0.6 is 0 Å². The molecule has 1 aliphatic carbocycles. The maximum absolute atomic E-state index is 13.3. The molecule has 0 saturated carbocycles. The first-order valence-electron chi connectivity index (χ1n) is 10.4. The molecule has 2 aliphatic heterocycles. The number of benzene rings is 1. The molecule has 4 heterocycles. The van der Waals surface area contributed by atoms with E-state index in [9.17, 15) is 19.8 Å². The highest BCUT2D eigenvalue weighted by molar-refractivity contribution is 5.95. The number of nitrogens with zero attached hydrogens (tertiary/aromatic N) is 2. The monoisotopic (exact) mass is 419 g/mol. The zero-order valence-corrected chi connectivity index (χ0v) is 16.9. The number of carbonyl (C=O) groups excluding carboxylic acids is 1. The summed E-state index contributed by atoms with van der Waals surface area (Å²) in [6.07, 6.45) is 0.631. The number of esters is 1. The summed E-state index contributed by atoms with van der Waals surface area (Å²) >= 11 is 0. The Morgan fingerprint density at radius 2 is 2.10 bits per heavy atom. The summed E-state index contributed by atoms with van der Waals surface area (Å²) in [7, 11) is 0. The smallest absolute Gasteiger partial charge is 0.343 e. The van der Waals surface area contributed by atoms with E-state index in [1.54, 1.807) is 17.6 Å². The third kappa shape index (κ3) is 2.18. The number of fused-ring (bicyclic) bond motifs is 5. The van der Waals surface area contributed by atoms with Crippen molar-refractivity contribution in [2.24, 2.45) is 0 Å². The number of pyridine rings is 2. The van der Waals surface area contributed by atoms with Crippen LogP contribution in [0.1, 0.15) is 53.7 Å². The van der Waals surface area contributed by atoms with Crippen LogP contribution in [-0.4, -0.2) is 25.7 Å². The van der Waals surface area contributed by atoms with Crippen molar-refractivity contribution in [1.29, 1.82) is 0 Å². The summed E-state index contributed by atoms with van der Waals surface area (Å²) in [5.74, 6) is -0.748. The lowest BCUT2D eigenvalue weighted by molar-refractivity contribution is -0.172. The molecule has 2 atom stereocenters. The minimum Gasteiger partial charge on any atom is -0.458 e. The average molecular weight is 419 g/mol. The molecule has 1 aromatic carbocycles. The first-order chi connectivity index (χ1) is 14.8. The molecular formula is C23H21N3O5. The Morgan fingerprint density at radius 3 is 2.87 bits per heavy atom. The van der Waals surface area contributed by atoms with Gasteiger partial charge in [0.2, 0.25) is 0 Å². The quantitative estimate of drug-likeness (QED) is 0.316. The van der Waals surface area contributed by atoms with Crippen molar-refractivity contribution in [3.63, 3.8) is 0 Å². The van der Waals surface area contributed by atoms with Crippen molar-refractivity contribution in [3.8, 4) is 11.4 Å². The first-order valence-corrected chi connectivity index (χ1v) is 10.4. The molecule has 8 heteroatoms. The first kappa shape index (κ1) is 18.5.